The number of carbonyl (C=O) groups is 1. The van der Waals surface area contributed by atoms with Crippen molar-refractivity contribution < 1.29 is 17.9 Å². The van der Waals surface area contributed by atoms with Gasteiger partial charge in [-0.15, -0.1) is 11.3 Å². The molecule has 2 heterocycles. The van der Waals surface area contributed by atoms with Crippen LogP contribution < -0.4 is 10.1 Å². The Labute approximate surface area is 170 Å². The second-order valence-electron chi connectivity index (χ2n) is 6.99. The molecule has 8 heteroatoms. The van der Waals surface area contributed by atoms with Gasteiger partial charge in [-0.1, -0.05) is 31.2 Å². The molecule has 1 N–H and O–H groups in total. The molecule has 0 saturated carbocycles. The van der Waals surface area contributed by atoms with Gasteiger partial charge in [0.15, 0.2) is 0 Å². The molecule has 1 aromatic carbocycles. The molecule has 0 radical (unpaired) electrons. The molecule has 3 rings (SSSR count). The second kappa shape index (κ2) is 9.07. The van der Waals surface area contributed by atoms with Crippen LogP contribution in [0.15, 0.2) is 46.0 Å². The van der Waals surface area contributed by atoms with Gasteiger partial charge in [0.1, 0.15) is 9.96 Å². The summed E-state index contributed by atoms with van der Waals surface area (Å²) in [6, 6.07) is 11.0. The SMILES string of the molecule is COc1ccccc1CNC(=O)C(C)C1CCN(S(=O)(=O)c2cccs2)CC1. The predicted molar refractivity (Wildman–Crippen MR) is 110 cm³/mol. The van der Waals surface area contributed by atoms with E-state index in [4.69, 9.17) is 4.74 Å². The van der Waals surface area contributed by atoms with Gasteiger partial charge in [-0.25, -0.2) is 8.42 Å². The lowest BCUT2D eigenvalue weighted by molar-refractivity contribution is -0.126. The lowest BCUT2D eigenvalue weighted by atomic mass is 9.85. The fourth-order valence-corrected chi connectivity index (χ4v) is 6.17. The van der Waals surface area contributed by atoms with Crippen molar-refractivity contribution in [3.8, 4) is 5.75 Å². The average molecular weight is 423 g/mol. The van der Waals surface area contributed by atoms with Crippen molar-refractivity contribution in [3.63, 3.8) is 0 Å². The maximum absolute atomic E-state index is 12.6. The number of nitrogens with one attached hydrogen (secondary N) is 1. The average Bonchev–Trinajstić information content (AvgIpc) is 3.27. The third kappa shape index (κ3) is 4.56. The van der Waals surface area contributed by atoms with Gasteiger partial charge >= 0.3 is 0 Å². The number of para-hydroxylation sites is 1. The van der Waals surface area contributed by atoms with Crippen LogP contribution in [-0.4, -0.2) is 38.8 Å². The number of thiophene rings is 1. The van der Waals surface area contributed by atoms with Crippen molar-refractivity contribution in [2.45, 2.75) is 30.5 Å². The van der Waals surface area contributed by atoms with Crippen molar-refractivity contribution in [2.24, 2.45) is 11.8 Å². The highest BCUT2D eigenvalue weighted by molar-refractivity contribution is 7.91. The number of amides is 1. The quantitative estimate of drug-likeness (QED) is 0.744. The van der Waals surface area contributed by atoms with Gasteiger partial charge in [-0.3, -0.25) is 4.79 Å². The van der Waals surface area contributed by atoms with Crippen LogP contribution in [0.4, 0.5) is 0 Å². The third-order valence-corrected chi connectivity index (χ3v) is 8.63. The molecule has 0 bridgehead atoms. The minimum Gasteiger partial charge on any atom is -0.496 e. The summed E-state index contributed by atoms with van der Waals surface area (Å²) in [5, 5.41) is 4.76. The van der Waals surface area contributed by atoms with Crippen LogP contribution in [-0.2, 0) is 21.4 Å². The topological polar surface area (TPSA) is 75.7 Å². The van der Waals surface area contributed by atoms with Gasteiger partial charge in [0.25, 0.3) is 10.0 Å². The van der Waals surface area contributed by atoms with Crippen molar-refractivity contribution in [2.75, 3.05) is 20.2 Å². The van der Waals surface area contributed by atoms with E-state index in [-0.39, 0.29) is 17.7 Å². The molecule has 28 heavy (non-hydrogen) atoms. The third-order valence-electron chi connectivity index (χ3n) is 5.35. The first-order valence-electron chi connectivity index (χ1n) is 9.36. The fraction of sp³-hybridized carbons (Fsp3) is 0.450. The number of ether oxygens (including phenoxy) is 1. The fourth-order valence-electron chi connectivity index (χ4n) is 3.56. The molecule has 6 nitrogen and oxygen atoms in total. The van der Waals surface area contributed by atoms with Gasteiger partial charge in [0, 0.05) is 31.1 Å². The van der Waals surface area contributed by atoms with Crippen LogP contribution >= 0.6 is 11.3 Å². The monoisotopic (exact) mass is 422 g/mol. The minimum absolute atomic E-state index is 0.00882. The molecule has 0 aliphatic carbocycles. The van der Waals surface area contributed by atoms with Crippen molar-refractivity contribution in [3.05, 3.63) is 47.3 Å². The molecule has 1 aromatic heterocycles. The number of sulfonamides is 1. The molecular formula is C20H26N2O4S2. The summed E-state index contributed by atoms with van der Waals surface area (Å²) >= 11 is 1.24. The van der Waals surface area contributed by atoms with Crippen LogP contribution in [0.3, 0.4) is 0 Å². The standard InChI is InChI=1S/C20H26N2O4S2/c1-15(20(23)21-14-17-6-3-4-7-18(17)26-2)16-9-11-22(12-10-16)28(24,25)19-8-5-13-27-19/h3-8,13,15-16H,9-12,14H2,1-2H3,(H,21,23). The summed E-state index contributed by atoms with van der Waals surface area (Å²) in [6.45, 7) is 3.24. The zero-order chi connectivity index (χ0) is 20.1. The van der Waals surface area contributed by atoms with E-state index in [0.717, 1.165) is 11.3 Å². The summed E-state index contributed by atoms with van der Waals surface area (Å²) < 4.78 is 32.5. The highest BCUT2D eigenvalue weighted by Crippen LogP contribution is 2.30. The molecule has 1 fully saturated rings. The molecule has 1 aliphatic heterocycles. The lowest BCUT2D eigenvalue weighted by Gasteiger charge is -2.33. The summed E-state index contributed by atoms with van der Waals surface area (Å²) in [6.07, 6.45) is 1.38. The molecular weight excluding hydrogens is 396 g/mol. The van der Waals surface area contributed by atoms with Gasteiger partial charge in [0.05, 0.1) is 7.11 Å². The Kier molecular flexibility index (Phi) is 6.74. The Balaban J connectivity index is 1.53. The number of hydrogen-bond donors (Lipinski definition) is 1. The summed E-state index contributed by atoms with van der Waals surface area (Å²) in [4.78, 5) is 12.6. The van der Waals surface area contributed by atoms with E-state index >= 15 is 0 Å². The zero-order valence-electron chi connectivity index (χ0n) is 16.1. The van der Waals surface area contributed by atoms with Crippen LogP contribution in [0.25, 0.3) is 0 Å². The maximum Gasteiger partial charge on any atom is 0.252 e. The number of rotatable bonds is 7. The first-order valence-corrected chi connectivity index (χ1v) is 11.7. The van der Waals surface area contributed by atoms with Gasteiger partial charge in [-0.2, -0.15) is 4.31 Å². The van der Waals surface area contributed by atoms with E-state index in [1.807, 2.05) is 31.2 Å². The first kappa shape index (κ1) is 20.8. The number of methoxy groups -OCH3 is 1. The summed E-state index contributed by atoms with van der Waals surface area (Å²) in [5.74, 6) is 0.752. The van der Waals surface area contributed by atoms with E-state index in [0.29, 0.717) is 36.7 Å². The Morgan fingerprint density at radius 1 is 1.25 bits per heavy atom. The molecule has 2 aromatic rings. The summed E-state index contributed by atoms with van der Waals surface area (Å²) in [5.41, 5.74) is 0.933. The van der Waals surface area contributed by atoms with Crippen LogP contribution in [0.5, 0.6) is 5.75 Å². The van der Waals surface area contributed by atoms with Crippen molar-refractivity contribution in [1.82, 2.24) is 9.62 Å². The van der Waals surface area contributed by atoms with E-state index in [1.165, 1.54) is 15.6 Å². The highest BCUT2D eigenvalue weighted by atomic mass is 32.2. The molecule has 152 valence electrons. The van der Waals surface area contributed by atoms with E-state index in [2.05, 4.69) is 5.32 Å². The van der Waals surface area contributed by atoms with Gasteiger partial charge in [0.2, 0.25) is 5.91 Å². The Hall–Kier alpha value is -1.90. The number of benzene rings is 1. The number of carbonyl (C=O) groups excluding carboxylic acids is 1. The van der Waals surface area contributed by atoms with Crippen LogP contribution in [0.2, 0.25) is 0 Å². The van der Waals surface area contributed by atoms with E-state index in [9.17, 15) is 13.2 Å². The van der Waals surface area contributed by atoms with Crippen LogP contribution in [0, 0.1) is 11.8 Å². The Bertz CT molecular complexity index is 889. The van der Waals surface area contributed by atoms with Crippen LogP contribution in [0.1, 0.15) is 25.3 Å². The highest BCUT2D eigenvalue weighted by Gasteiger charge is 2.33. The molecule has 0 spiro atoms. The molecule has 1 unspecified atom stereocenters. The maximum atomic E-state index is 12.6. The van der Waals surface area contributed by atoms with E-state index in [1.54, 1.807) is 24.6 Å². The Morgan fingerprint density at radius 2 is 1.96 bits per heavy atom. The second-order valence-corrected chi connectivity index (χ2v) is 10.1. The number of nitrogens with zero attached hydrogens (tertiary/aromatic N) is 1. The summed E-state index contributed by atoms with van der Waals surface area (Å²) in [7, 11) is -1.79. The molecule has 1 aliphatic rings. The number of hydrogen-bond acceptors (Lipinski definition) is 5. The lowest BCUT2D eigenvalue weighted by Crippen LogP contribution is -2.42. The molecule has 1 amide bonds. The largest absolute Gasteiger partial charge is 0.496 e. The van der Waals surface area contributed by atoms with Gasteiger partial charge < -0.3 is 10.1 Å². The Morgan fingerprint density at radius 3 is 2.61 bits per heavy atom. The first-order chi connectivity index (χ1) is 13.4. The normalized spacial score (nSPS) is 17.2. The minimum atomic E-state index is -3.40. The predicted octanol–water partition coefficient (Wildman–Crippen LogP) is 3.11. The smallest absolute Gasteiger partial charge is 0.252 e. The zero-order valence-corrected chi connectivity index (χ0v) is 17.8. The van der Waals surface area contributed by atoms with Gasteiger partial charge in [-0.05, 0) is 36.3 Å². The van der Waals surface area contributed by atoms with Crippen molar-refractivity contribution >= 4 is 27.3 Å². The van der Waals surface area contributed by atoms with Crippen molar-refractivity contribution in [1.29, 1.82) is 0 Å². The number of piperidine rings is 1. The molecule has 1 atom stereocenters. The van der Waals surface area contributed by atoms with E-state index < -0.39 is 10.0 Å². The molecule has 1 saturated heterocycles.